The van der Waals surface area contributed by atoms with Gasteiger partial charge in [0.25, 0.3) is 0 Å². The van der Waals surface area contributed by atoms with Crippen molar-refractivity contribution in [3.8, 4) is 5.75 Å². The Morgan fingerprint density at radius 1 is 0.889 bits per heavy atom. The minimum atomic E-state index is -5.77. The number of benzene rings is 2. The van der Waals surface area contributed by atoms with Crippen LogP contribution in [0.1, 0.15) is 30.4 Å². The fourth-order valence-corrected chi connectivity index (χ4v) is 5.67. The molecule has 4 aromatic rings. The number of carbonyl (C=O) groups excluding carboxylic acids is 3. The maximum atomic E-state index is 13.4. The number of rotatable bonds is 6. The van der Waals surface area contributed by atoms with Gasteiger partial charge in [-0.1, -0.05) is 17.7 Å². The average Bonchev–Trinajstić information content (AvgIpc) is 3.12. The van der Waals surface area contributed by atoms with E-state index in [2.05, 4.69) is 37.0 Å². The van der Waals surface area contributed by atoms with Crippen LogP contribution >= 0.6 is 11.6 Å². The van der Waals surface area contributed by atoms with E-state index >= 15 is 0 Å². The predicted molar refractivity (Wildman–Crippen MR) is 184 cm³/mol. The molecule has 2 aliphatic heterocycles. The molecule has 19 heteroatoms. The molecule has 0 radical (unpaired) electrons. The number of nitrogens with zero attached hydrogens (tertiary/aromatic N) is 4. The van der Waals surface area contributed by atoms with Gasteiger partial charge in [0.05, 0.1) is 24.7 Å². The van der Waals surface area contributed by atoms with Crippen molar-refractivity contribution >= 4 is 58.0 Å². The van der Waals surface area contributed by atoms with Gasteiger partial charge in [0, 0.05) is 30.7 Å². The van der Waals surface area contributed by atoms with Crippen molar-refractivity contribution in [1.82, 2.24) is 19.9 Å². The van der Waals surface area contributed by atoms with Crippen molar-refractivity contribution in [2.24, 2.45) is 5.92 Å². The topological polar surface area (TPSA) is 138 Å². The van der Waals surface area contributed by atoms with Crippen molar-refractivity contribution in [3.05, 3.63) is 89.1 Å². The second kappa shape index (κ2) is 17.1. The molecular weight excluding hydrogens is 751 g/mol. The number of hydrogen-bond acceptors (Lipinski definition) is 9. The Balaban J connectivity index is 0.000000404. The lowest BCUT2D eigenvalue weighted by molar-refractivity contribution is -0.193. The number of hydrogen-bond donors (Lipinski definition) is 3. The van der Waals surface area contributed by atoms with Crippen LogP contribution in [0, 0.1) is 11.7 Å². The number of fused-ring (bicyclic) bond motifs is 6. The molecule has 1 fully saturated rings. The fourth-order valence-electron chi connectivity index (χ4n) is 5.53. The molecule has 11 nitrogen and oxygen atoms in total. The van der Waals surface area contributed by atoms with E-state index in [0.29, 0.717) is 48.1 Å². The molecule has 2 aromatic carbocycles. The molecule has 0 spiro atoms. The van der Waals surface area contributed by atoms with E-state index in [4.69, 9.17) is 16.3 Å². The number of ketones is 2. The summed E-state index contributed by atoms with van der Waals surface area (Å²) in [7, 11) is 0. The molecule has 2 amide bonds. The van der Waals surface area contributed by atoms with Crippen LogP contribution in [0.15, 0.2) is 67.1 Å². The number of nitrogens with one attached hydrogen (secondary N) is 3. The predicted octanol–water partition coefficient (Wildman–Crippen LogP) is 8.21. The Kier molecular flexibility index (Phi) is 12.6. The largest absolute Gasteiger partial charge is 0.493 e. The third-order valence-electron chi connectivity index (χ3n) is 8.28. The van der Waals surface area contributed by atoms with Gasteiger partial charge in [-0.2, -0.15) is 31.3 Å². The number of Topliss-reactive ketones (excluding diaryl/α,β-unsaturated/α-hetero) is 2. The Bertz CT molecular complexity index is 1970. The summed E-state index contributed by atoms with van der Waals surface area (Å²) in [5.74, 6) is -4.94. The first-order valence-corrected chi connectivity index (χ1v) is 16.7. The minimum absolute atomic E-state index is 0.194. The number of amides is 2. The van der Waals surface area contributed by atoms with Crippen molar-refractivity contribution in [1.29, 1.82) is 0 Å². The molecule has 0 atom stereocenters. The van der Waals surface area contributed by atoms with Gasteiger partial charge >= 0.3 is 30.0 Å². The molecule has 0 saturated carbocycles. The summed E-state index contributed by atoms with van der Waals surface area (Å²) in [5.41, 5.74) is 4.29. The molecule has 1 saturated heterocycles. The minimum Gasteiger partial charge on any atom is -0.493 e. The number of pyridine rings is 1. The molecule has 4 heterocycles. The second-order valence-electron chi connectivity index (χ2n) is 12.2. The highest BCUT2D eigenvalue weighted by Gasteiger charge is 2.54. The molecule has 0 unspecified atom stereocenters. The summed E-state index contributed by atoms with van der Waals surface area (Å²) in [6, 6.07) is 13.8. The summed E-state index contributed by atoms with van der Waals surface area (Å²) in [5, 5.41) is 9.72. The summed E-state index contributed by atoms with van der Waals surface area (Å²) >= 11 is 6.38. The quantitative estimate of drug-likeness (QED) is 0.131. The molecular formula is C35H31ClF7N7O4. The number of halogens is 8. The van der Waals surface area contributed by atoms with Crippen LogP contribution in [0.5, 0.6) is 5.75 Å². The Labute approximate surface area is 308 Å². The van der Waals surface area contributed by atoms with Crippen LogP contribution in [0.3, 0.4) is 0 Å². The summed E-state index contributed by atoms with van der Waals surface area (Å²) < 4.78 is 86.7. The average molecular weight is 782 g/mol. The van der Waals surface area contributed by atoms with Gasteiger partial charge in [-0.3, -0.25) is 14.6 Å². The molecule has 6 rings (SSSR count). The summed E-state index contributed by atoms with van der Waals surface area (Å²) in [4.78, 5) is 46.8. The zero-order chi connectivity index (χ0) is 39.0. The van der Waals surface area contributed by atoms with Crippen molar-refractivity contribution in [3.63, 3.8) is 0 Å². The highest BCUT2D eigenvalue weighted by atomic mass is 35.5. The van der Waals surface area contributed by atoms with Crippen LogP contribution in [0.2, 0.25) is 5.02 Å². The van der Waals surface area contributed by atoms with Gasteiger partial charge in [-0.15, -0.1) is 0 Å². The first-order valence-electron chi connectivity index (χ1n) is 16.4. The van der Waals surface area contributed by atoms with Gasteiger partial charge in [-0.05, 0) is 91.6 Å². The van der Waals surface area contributed by atoms with Crippen molar-refractivity contribution in [2.45, 2.75) is 44.5 Å². The first-order chi connectivity index (χ1) is 25.5. The van der Waals surface area contributed by atoms with Gasteiger partial charge in [0.15, 0.2) is 5.82 Å². The van der Waals surface area contributed by atoms with Crippen molar-refractivity contribution in [2.75, 3.05) is 35.6 Å². The summed E-state index contributed by atoms with van der Waals surface area (Å²) in [6.07, 6.45) is -2.12. The maximum Gasteiger partial charge on any atom is 0.458 e. The van der Waals surface area contributed by atoms with E-state index in [0.717, 1.165) is 60.4 Å². The van der Waals surface area contributed by atoms with Crippen LogP contribution in [0.4, 0.5) is 64.4 Å². The summed E-state index contributed by atoms with van der Waals surface area (Å²) in [6.45, 7) is 1.90. The van der Waals surface area contributed by atoms with Crippen LogP contribution in [-0.2, 0) is 22.4 Å². The zero-order valence-electron chi connectivity index (χ0n) is 28.0. The molecule has 286 valence electrons. The lowest BCUT2D eigenvalue weighted by atomic mass is 9.94. The molecule has 0 aliphatic carbocycles. The van der Waals surface area contributed by atoms with E-state index < -0.39 is 23.9 Å². The molecule has 2 aromatic heterocycles. The third-order valence-corrected chi connectivity index (χ3v) is 8.56. The zero-order valence-corrected chi connectivity index (χ0v) is 28.8. The highest BCUT2D eigenvalue weighted by Crippen LogP contribution is 2.31. The molecule has 2 aliphatic rings. The number of piperidine rings is 1. The molecule has 3 N–H and O–H groups in total. The highest BCUT2D eigenvalue weighted by molar-refractivity contribution is 6.41. The van der Waals surface area contributed by atoms with Crippen LogP contribution < -0.4 is 20.7 Å². The molecule has 54 heavy (non-hydrogen) atoms. The van der Waals surface area contributed by atoms with Crippen molar-refractivity contribution < 1.29 is 49.9 Å². The van der Waals surface area contributed by atoms with Crippen LogP contribution in [0.25, 0.3) is 0 Å². The third kappa shape index (κ3) is 11.0. The number of ether oxygens (including phenoxy) is 1. The number of aryl methyl sites for hydroxylation is 2. The second-order valence-corrected chi connectivity index (χ2v) is 12.6. The normalized spacial score (nSPS) is 14.4. The smallest absolute Gasteiger partial charge is 0.458 e. The lowest BCUT2D eigenvalue weighted by Gasteiger charge is -2.32. The lowest BCUT2D eigenvalue weighted by Crippen LogP contribution is -2.41. The Hall–Kier alpha value is -5.52. The van der Waals surface area contributed by atoms with E-state index in [9.17, 15) is 45.1 Å². The number of anilines is 5. The van der Waals surface area contributed by atoms with E-state index in [1.165, 1.54) is 12.1 Å². The Morgan fingerprint density at radius 3 is 2.30 bits per heavy atom. The number of alkyl halides is 6. The molecule has 6 bridgehead atoms. The van der Waals surface area contributed by atoms with Crippen LogP contribution in [-0.4, -0.2) is 69.5 Å². The van der Waals surface area contributed by atoms with Gasteiger partial charge in [-0.25, -0.2) is 14.2 Å². The standard InChI is InChI=1S/C31H31ClFN7O2.C4F6O2/c32-27-19-35-30-37-26-14-21(17-34-18-26)4-5-22-15-25(36-29(27)39-30)6-7-28(22)42-13-10-20-8-11-40(12-9-20)31(41)38-24-3-1-2-23(33)16-24;5-3(6,7)1(11)2(12)4(8,9)10/h1-3,6-7,14-20H,4-5,8-13H2,(H,38,41)(H2,35,36,37,39);. The van der Waals surface area contributed by atoms with E-state index in [1.54, 1.807) is 29.4 Å². The van der Waals surface area contributed by atoms with E-state index in [-0.39, 0.29) is 11.8 Å². The number of carbonyl (C=O) groups is 3. The maximum absolute atomic E-state index is 13.4. The van der Waals surface area contributed by atoms with Gasteiger partial charge < -0.3 is 25.6 Å². The SMILES string of the molecule is O=C(C(=O)C(F)(F)F)C(F)(F)F.O=C(Nc1cccc(F)c1)N1CCC(CCOc2ccc3cc2CCc2cncc(c2)Nc2ncc(Cl)c(n2)N3)CC1. The monoisotopic (exact) mass is 781 g/mol. The van der Waals surface area contributed by atoms with Gasteiger partial charge in [0.2, 0.25) is 5.95 Å². The number of urea groups is 1. The first kappa shape index (κ1) is 39.7. The Morgan fingerprint density at radius 2 is 1.61 bits per heavy atom. The van der Waals surface area contributed by atoms with E-state index in [1.807, 2.05) is 24.4 Å². The fraction of sp³-hybridized carbons (Fsp3) is 0.314. The van der Waals surface area contributed by atoms with Gasteiger partial charge in [0.1, 0.15) is 16.6 Å². The number of likely N-dealkylation sites (tertiary alicyclic amines) is 1. The number of aromatic nitrogens is 3.